The summed E-state index contributed by atoms with van der Waals surface area (Å²) in [6.07, 6.45) is 2.60. The molecule has 0 aliphatic carbocycles. The first-order chi connectivity index (χ1) is 12.0. The van der Waals surface area contributed by atoms with Gasteiger partial charge in [0.05, 0.1) is 34.1 Å². The van der Waals surface area contributed by atoms with E-state index in [-0.39, 0.29) is 6.04 Å². The van der Waals surface area contributed by atoms with Gasteiger partial charge in [-0.2, -0.15) is 0 Å². The Kier molecular flexibility index (Phi) is 6.58. The number of anilines is 1. The van der Waals surface area contributed by atoms with Crippen LogP contribution in [0.25, 0.3) is 0 Å². The lowest BCUT2D eigenvalue weighted by atomic mass is 10.1. The van der Waals surface area contributed by atoms with Gasteiger partial charge in [-0.15, -0.1) is 11.3 Å². The van der Waals surface area contributed by atoms with Gasteiger partial charge in [0.25, 0.3) is 0 Å². The first-order valence-electron chi connectivity index (χ1n) is 8.45. The average molecular weight is 415 g/mol. The largest absolute Gasteiger partial charge is 0.354 e. The fraction of sp³-hybridized carbons (Fsp3) is 0.389. The number of thiophene rings is 1. The smallest absolute Gasteiger partial charge is 0.171 e. The Morgan fingerprint density at radius 3 is 2.60 bits per heavy atom. The molecule has 3 nitrogen and oxygen atoms in total. The number of hydrogen-bond donors (Lipinski definition) is 3. The average Bonchev–Trinajstić information content (AvgIpc) is 3.25. The van der Waals surface area contributed by atoms with Crippen molar-refractivity contribution in [3.63, 3.8) is 0 Å². The quantitative estimate of drug-likeness (QED) is 0.641. The number of quaternary nitrogens is 1. The van der Waals surface area contributed by atoms with Crippen LogP contribution in [0.5, 0.6) is 0 Å². The molecule has 1 saturated heterocycles. The molecule has 1 aliphatic heterocycles. The molecule has 25 heavy (non-hydrogen) atoms. The molecule has 3 N–H and O–H groups in total. The molecule has 1 aromatic heterocycles. The SMILES string of the molecule is C[C@@H](NC(=S)Nc1ccc(Cl)c(Cl)c1)[C@@H](c1cccs1)[NH+]1CCCC1. The summed E-state index contributed by atoms with van der Waals surface area (Å²) in [5, 5.41) is 10.5. The Hall–Kier alpha value is -0.850. The topological polar surface area (TPSA) is 28.5 Å². The maximum absolute atomic E-state index is 6.07. The van der Waals surface area contributed by atoms with E-state index in [1.165, 1.54) is 30.8 Å². The molecule has 2 heterocycles. The first-order valence-corrected chi connectivity index (χ1v) is 10.5. The number of benzene rings is 1. The van der Waals surface area contributed by atoms with Crippen molar-refractivity contribution < 1.29 is 4.90 Å². The molecule has 0 saturated carbocycles. The summed E-state index contributed by atoms with van der Waals surface area (Å²) in [6.45, 7) is 4.65. The highest BCUT2D eigenvalue weighted by Gasteiger charge is 2.33. The van der Waals surface area contributed by atoms with Gasteiger partial charge >= 0.3 is 0 Å². The van der Waals surface area contributed by atoms with Gasteiger partial charge in [0.15, 0.2) is 5.11 Å². The fourth-order valence-corrected chi connectivity index (χ4v) is 5.03. The van der Waals surface area contributed by atoms with Crippen LogP contribution in [-0.2, 0) is 0 Å². The normalized spacial score (nSPS) is 17.2. The summed E-state index contributed by atoms with van der Waals surface area (Å²) < 4.78 is 0. The highest BCUT2D eigenvalue weighted by Crippen LogP contribution is 2.25. The van der Waals surface area contributed by atoms with Crippen molar-refractivity contribution in [2.45, 2.75) is 31.8 Å². The molecular formula is C18H22Cl2N3S2+. The third-order valence-corrected chi connectivity index (χ3v) is 6.49. The van der Waals surface area contributed by atoms with Gasteiger partial charge in [-0.3, -0.25) is 0 Å². The summed E-state index contributed by atoms with van der Waals surface area (Å²) in [4.78, 5) is 3.05. The van der Waals surface area contributed by atoms with Gasteiger partial charge in [-0.1, -0.05) is 29.3 Å². The van der Waals surface area contributed by atoms with Crippen LogP contribution in [0.4, 0.5) is 5.69 Å². The Morgan fingerprint density at radius 2 is 1.96 bits per heavy atom. The van der Waals surface area contributed by atoms with Crippen LogP contribution in [0, 0.1) is 0 Å². The second-order valence-electron chi connectivity index (χ2n) is 6.37. The minimum atomic E-state index is 0.231. The number of rotatable bonds is 5. The zero-order valence-electron chi connectivity index (χ0n) is 14.0. The first kappa shape index (κ1) is 18.9. The van der Waals surface area contributed by atoms with Crippen molar-refractivity contribution in [1.29, 1.82) is 0 Å². The number of halogens is 2. The van der Waals surface area contributed by atoms with Crippen LogP contribution in [0.1, 0.15) is 30.7 Å². The van der Waals surface area contributed by atoms with Gasteiger partial charge in [0.1, 0.15) is 6.04 Å². The molecule has 1 fully saturated rings. The van der Waals surface area contributed by atoms with Crippen LogP contribution in [0.15, 0.2) is 35.7 Å². The minimum absolute atomic E-state index is 0.231. The molecule has 3 rings (SSSR count). The highest BCUT2D eigenvalue weighted by molar-refractivity contribution is 7.80. The van der Waals surface area contributed by atoms with E-state index < -0.39 is 0 Å². The maximum Gasteiger partial charge on any atom is 0.171 e. The Bertz CT molecular complexity index is 715. The lowest BCUT2D eigenvalue weighted by Crippen LogP contribution is -3.11. The summed E-state index contributed by atoms with van der Waals surface area (Å²) in [6, 6.07) is 10.4. The Labute approximate surface area is 168 Å². The Balaban J connectivity index is 1.66. The predicted molar refractivity (Wildman–Crippen MR) is 112 cm³/mol. The summed E-state index contributed by atoms with van der Waals surface area (Å²) >= 11 is 19.4. The fourth-order valence-electron chi connectivity index (χ4n) is 3.44. The van der Waals surface area contributed by atoms with Crippen LogP contribution < -0.4 is 15.5 Å². The molecule has 1 aromatic carbocycles. The number of likely N-dealkylation sites (tertiary alicyclic amines) is 1. The van der Waals surface area contributed by atoms with E-state index in [0.29, 0.717) is 21.2 Å². The van der Waals surface area contributed by atoms with Crippen molar-refractivity contribution in [3.05, 3.63) is 50.6 Å². The second-order valence-corrected chi connectivity index (χ2v) is 8.58. The lowest BCUT2D eigenvalue weighted by Gasteiger charge is -2.30. The van der Waals surface area contributed by atoms with Crippen molar-refractivity contribution in [1.82, 2.24) is 5.32 Å². The molecule has 1 aliphatic rings. The zero-order chi connectivity index (χ0) is 17.8. The maximum atomic E-state index is 6.07. The predicted octanol–water partition coefficient (Wildman–Crippen LogP) is 4.15. The third-order valence-electron chi connectivity index (χ3n) is 4.57. The number of thiocarbonyl (C=S) groups is 1. The minimum Gasteiger partial charge on any atom is -0.354 e. The van der Waals surface area contributed by atoms with Gasteiger partial charge in [0.2, 0.25) is 0 Å². The van der Waals surface area contributed by atoms with E-state index >= 15 is 0 Å². The number of nitrogens with one attached hydrogen (secondary N) is 3. The lowest BCUT2D eigenvalue weighted by molar-refractivity contribution is -0.920. The summed E-state index contributed by atoms with van der Waals surface area (Å²) in [5.41, 5.74) is 0.834. The van der Waals surface area contributed by atoms with Crippen LogP contribution in [0.2, 0.25) is 10.0 Å². The van der Waals surface area contributed by atoms with Crippen molar-refractivity contribution in [2.24, 2.45) is 0 Å². The molecule has 7 heteroatoms. The standard InChI is InChI=1S/C18H21Cl2N3S2/c1-12(17(16-5-4-10-25-16)23-8-2-3-9-23)21-18(24)22-13-6-7-14(19)15(20)11-13/h4-7,10-12,17H,2-3,8-9H2,1H3,(H2,21,22,24)/p+1/t12-,17+/m1/s1. The van der Waals surface area contributed by atoms with Crippen LogP contribution >= 0.6 is 46.8 Å². The van der Waals surface area contributed by atoms with Gasteiger partial charge in [0, 0.05) is 18.5 Å². The molecule has 0 amide bonds. The molecule has 0 unspecified atom stereocenters. The second kappa shape index (κ2) is 8.69. The van der Waals surface area contributed by atoms with E-state index in [1.807, 2.05) is 17.4 Å². The monoisotopic (exact) mass is 414 g/mol. The van der Waals surface area contributed by atoms with Crippen LogP contribution in [0.3, 0.4) is 0 Å². The molecule has 0 bridgehead atoms. The van der Waals surface area contributed by atoms with Gasteiger partial charge in [-0.05, 0) is 48.8 Å². The van der Waals surface area contributed by atoms with E-state index in [2.05, 4.69) is 35.1 Å². The zero-order valence-corrected chi connectivity index (χ0v) is 17.2. The molecule has 0 spiro atoms. The molecule has 2 atom stereocenters. The Morgan fingerprint density at radius 1 is 1.20 bits per heavy atom. The van der Waals surface area contributed by atoms with Gasteiger partial charge < -0.3 is 15.5 Å². The molecule has 134 valence electrons. The summed E-state index contributed by atoms with van der Waals surface area (Å²) in [5.74, 6) is 0. The van der Waals surface area contributed by atoms with E-state index in [4.69, 9.17) is 35.4 Å². The third kappa shape index (κ3) is 4.86. The highest BCUT2D eigenvalue weighted by atomic mass is 35.5. The van der Waals surface area contributed by atoms with E-state index in [1.54, 1.807) is 17.0 Å². The number of hydrogen-bond acceptors (Lipinski definition) is 2. The molecule has 0 radical (unpaired) electrons. The van der Waals surface area contributed by atoms with Crippen molar-refractivity contribution in [2.75, 3.05) is 18.4 Å². The van der Waals surface area contributed by atoms with Gasteiger partial charge in [-0.25, -0.2) is 0 Å². The summed E-state index contributed by atoms with van der Waals surface area (Å²) in [7, 11) is 0. The van der Waals surface area contributed by atoms with E-state index in [0.717, 1.165) is 5.69 Å². The van der Waals surface area contributed by atoms with Crippen molar-refractivity contribution in [3.8, 4) is 0 Å². The molecule has 2 aromatic rings. The molecular weight excluding hydrogens is 393 g/mol. The van der Waals surface area contributed by atoms with E-state index in [9.17, 15) is 0 Å². The van der Waals surface area contributed by atoms with Crippen LogP contribution in [-0.4, -0.2) is 24.2 Å². The van der Waals surface area contributed by atoms with Crippen molar-refractivity contribution >= 4 is 57.6 Å².